The molecule has 1 amide bonds. The van der Waals surface area contributed by atoms with E-state index in [9.17, 15) is 9.00 Å². The third kappa shape index (κ3) is 4.14. The molecule has 2 aliphatic heterocycles. The number of thioether (sulfide) groups is 1. The average Bonchev–Trinajstić information content (AvgIpc) is 3.37. The highest BCUT2D eigenvalue weighted by Crippen LogP contribution is 2.40. The second kappa shape index (κ2) is 9.43. The zero-order valence-electron chi connectivity index (χ0n) is 18.3. The topological polar surface area (TPSA) is 45.6 Å². The summed E-state index contributed by atoms with van der Waals surface area (Å²) in [6.07, 6.45) is 16.1. The Morgan fingerprint density at radius 1 is 1.22 bits per heavy atom. The molecule has 1 atom stereocenters. The van der Waals surface area contributed by atoms with Gasteiger partial charge in [0.25, 0.3) is 10.9 Å². The molecule has 0 saturated carbocycles. The van der Waals surface area contributed by atoms with Crippen LogP contribution in [0.3, 0.4) is 0 Å². The van der Waals surface area contributed by atoms with Gasteiger partial charge in [0, 0.05) is 30.2 Å². The highest BCUT2D eigenvalue weighted by atomic mass is 32.2. The number of likely N-dealkylation sites (N-methyl/N-ethyl adjacent to an activating group) is 1. The number of fused-ring (bicyclic) bond motifs is 1. The molecule has 9 heteroatoms. The van der Waals surface area contributed by atoms with Crippen molar-refractivity contribution in [2.75, 3.05) is 13.1 Å². The molecular formula is C23H24N3O2S4-. The number of carbonyl (C=O) groups excluding carboxylic acids is 1. The maximum atomic E-state index is 13.4. The van der Waals surface area contributed by atoms with Crippen molar-refractivity contribution < 1.29 is 9.00 Å². The first kappa shape index (κ1) is 23.1. The summed E-state index contributed by atoms with van der Waals surface area (Å²) in [6, 6.07) is 0. The predicted molar refractivity (Wildman–Crippen MR) is 141 cm³/mol. The minimum atomic E-state index is -1.45. The van der Waals surface area contributed by atoms with Gasteiger partial charge in [0.15, 0.2) is 11.3 Å². The molecule has 3 heterocycles. The van der Waals surface area contributed by atoms with Crippen LogP contribution in [-0.2, 0) is 15.6 Å². The van der Waals surface area contributed by atoms with Gasteiger partial charge in [-0.25, -0.2) is 10.6 Å². The fourth-order valence-corrected chi connectivity index (χ4v) is 7.54. The van der Waals surface area contributed by atoms with Crippen LogP contribution in [0, 0.1) is 12.8 Å². The summed E-state index contributed by atoms with van der Waals surface area (Å²) in [4.78, 5) is 18.6. The van der Waals surface area contributed by atoms with E-state index < -0.39 is 10.8 Å². The van der Waals surface area contributed by atoms with Crippen LogP contribution in [0.4, 0.5) is 0 Å². The molecule has 1 aliphatic carbocycles. The summed E-state index contributed by atoms with van der Waals surface area (Å²) in [6.45, 7) is 9.14. The van der Waals surface area contributed by atoms with E-state index in [2.05, 4.69) is 37.5 Å². The van der Waals surface area contributed by atoms with Gasteiger partial charge in [-0.15, -0.1) is 5.69 Å². The van der Waals surface area contributed by atoms with Crippen LogP contribution in [0.1, 0.15) is 43.3 Å². The second-order valence-corrected chi connectivity index (χ2v) is 11.6. The predicted octanol–water partition coefficient (Wildman–Crippen LogP) is 5.37. The van der Waals surface area contributed by atoms with E-state index in [1.165, 1.54) is 22.2 Å². The summed E-state index contributed by atoms with van der Waals surface area (Å²) in [5, 5.41) is 1.58. The zero-order chi connectivity index (χ0) is 23.0. The summed E-state index contributed by atoms with van der Waals surface area (Å²) in [7, 11) is -1.45. The number of hydrogen-bond acceptors (Lipinski definition) is 5. The molecule has 4 rings (SSSR count). The summed E-state index contributed by atoms with van der Waals surface area (Å²) >= 11 is 8.27. The Hall–Kier alpha value is -2.07. The molecule has 3 aliphatic rings. The molecule has 1 saturated heterocycles. The number of hydrogen-bond donors (Lipinski definition) is 0. The van der Waals surface area contributed by atoms with Crippen LogP contribution in [0.25, 0.3) is 12.3 Å². The van der Waals surface area contributed by atoms with E-state index in [1.54, 1.807) is 16.2 Å². The molecule has 1 unspecified atom stereocenters. The molecule has 0 N–H and O–H groups in total. The summed E-state index contributed by atoms with van der Waals surface area (Å²) < 4.78 is 16.1. The molecule has 0 aromatic carbocycles. The number of aromatic nitrogens is 1. The third-order valence-electron chi connectivity index (χ3n) is 4.99. The first-order valence-corrected chi connectivity index (χ1v) is 13.5. The normalized spacial score (nSPS) is 22.4. The van der Waals surface area contributed by atoms with E-state index in [4.69, 9.17) is 12.2 Å². The molecule has 5 nitrogen and oxygen atoms in total. The highest BCUT2D eigenvalue weighted by Gasteiger charge is 2.39. The first-order valence-electron chi connectivity index (χ1n) is 10.3. The monoisotopic (exact) mass is 502 g/mol. The van der Waals surface area contributed by atoms with Crippen LogP contribution in [-0.4, -0.2) is 41.9 Å². The third-order valence-corrected chi connectivity index (χ3v) is 9.12. The molecule has 168 valence electrons. The number of thiocarbonyl (C=S) groups is 1. The Morgan fingerprint density at radius 2 is 1.97 bits per heavy atom. The van der Waals surface area contributed by atoms with Crippen LogP contribution >= 0.6 is 35.3 Å². The van der Waals surface area contributed by atoms with Crippen molar-refractivity contribution in [1.29, 1.82) is 0 Å². The van der Waals surface area contributed by atoms with E-state index >= 15 is 0 Å². The van der Waals surface area contributed by atoms with Crippen molar-refractivity contribution in [2.45, 2.75) is 27.7 Å². The lowest BCUT2D eigenvalue weighted by molar-refractivity contribution is -0.122. The summed E-state index contributed by atoms with van der Waals surface area (Å²) in [5.74, 6) is -0.158. The Bertz CT molecular complexity index is 1170. The number of rotatable bonds is 5. The number of carbonyl (C=O) groups is 1. The van der Waals surface area contributed by atoms with Crippen LogP contribution in [0.15, 0.2) is 44.8 Å². The minimum Gasteiger partial charge on any atom is -0.344 e. The Balaban J connectivity index is 1.68. The van der Waals surface area contributed by atoms with Gasteiger partial charge in [0.1, 0.15) is 25.1 Å². The van der Waals surface area contributed by atoms with Gasteiger partial charge in [-0.1, -0.05) is 29.6 Å². The average molecular weight is 503 g/mol. The second-order valence-electron chi connectivity index (χ2n) is 7.46. The van der Waals surface area contributed by atoms with Gasteiger partial charge in [-0.2, -0.15) is 0 Å². The van der Waals surface area contributed by atoms with E-state index in [0.29, 0.717) is 32.2 Å². The summed E-state index contributed by atoms with van der Waals surface area (Å²) in [5.41, 5.74) is 2.33. The molecule has 1 fully saturated rings. The maximum absolute atomic E-state index is 13.4. The zero-order valence-corrected chi connectivity index (χ0v) is 21.6. The molecule has 32 heavy (non-hydrogen) atoms. The lowest BCUT2D eigenvalue weighted by atomic mass is 10.1. The highest BCUT2D eigenvalue weighted by molar-refractivity contribution is 8.27. The van der Waals surface area contributed by atoms with Gasteiger partial charge in [0.2, 0.25) is 0 Å². The molecule has 0 radical (unpaired) electrons. The van der Waals surface area contributed by atoms with Crippen molar-refractivity contribution in [3.8, 4) is 0 Å². The quantitative estimate of drug-likeness (QED) is 0.234. The lowest BCUT2D eigenvalue weighted by Gasteiger charge is -2.20. The van der Waals surface area contributed by atoms with Gasteiger partial charge < -0.3 is 9.47 Å². The molecule has 1 aromatic heterocycles. The largest absolute Gasteiger partial charge is 0.344 e. The van der Waals surface area contributed by atoms with Gasteiger partial charge >= 0.3 is 0 Å². The minimum absolute atomic E-state index is 0.158. The van der Waals surface area contributed by atoms with Gasteiger partial charge in [0.05, 0.1) is 4.91 Å². The first-order chi connectivity index (χ1) is 15.3. The standard InChI is InChI=1S/C23H24N3O2S4/c1-5-24-14-16(32(28)22(24)20-21(27)25(6-2)23(29)31-20)11-12-19-26(13-15(3)4)17-9-7-8-10-18(17)30-19/h7-14H,5-6H2,1-4H3/q-1. The van der Waals surface area contributed by atoms with Crippen molar-refractivity contribution in [2.24, 2.45) is 0 Å². The van der Waals surface area contributed by atoms with Crippen LogP contribution in [0.5, 0.6) is 0 Å². The Kier molecular flexibility index (Phi) is 6.80. The molecule has 0 spiro atoms. The Morgan fingerprint density at radius 3 is 2.62 bits per heavy atom. The van der Waals surface area contributed by atoms with Crippen molar-refractivity contribution in [3.63, 3.8) is 0 Å². The van der Waals surface area contributed by atoms with Crippen LogP contribution < -0.4 is 0 Å². The number of allylic oxidation sites excluding steroid dienone is 4. The maximum Gasteiger partial charge on any atom is 0.279 e. The number of amides is 1. The lowest BCUT2D eigenvalue weighted by Crippen LogP contribution is -2.28. The fourth-order valence-electron chi connectivity index (χ4n) is 3.51. The van der Waals surface area contributed by atoms with Crippen LogP contribution in [0.2, 0.25) is 0 Å². The molecule has 1 aromatic rings. The Labute approximate surface area is 205 Å². The number of thiazole rings is 1. The van der Waals surface area contributed by atoms with Gasteiger partial charge in [-0.05, 0) is 40.0 Å². The molecular weight excluding hydrogens is 479 g/mol. The van der Waals surface area contributed by atoms with Crippen molar-refractivity contribution in [1.82, 2.24) is 14.4 Å². The smallest absolute Gasteiger partial charge is 0.279 e. The van der Waals surface area contributed by atoms with E-state index in [1.807, 2.05) is 49.3 Å². The van der Waals surface area contributed by atoms with E-state index in [0.717, 1.165) is 10.7 Å². The van der Waals surface area contributed by atoms with E-state index in [-0.39, 0.29) is 5.91 Å². The SMILES string of the molecule is CCN1C=C(C=Cc2[s+]c3c(n2C=C(C)C)[CH-]C=C[CH-]3)S(=O)C1=C1SC(=S)N(CC)C1=O. The molecule has 0 bridgehead atoms. The van der Waals surface area contributed by atoms with Gasteiger partial charge in [-0.3, -0.25) is 28.3 Å². The number of nitrogens with zero attached hydrogens (tertiary/aromatic N) is 3. The van der Waals surface area contributed by atoms with Crippen molar-refractivity contribution >= 4 is 68.6 Å². The van der Waals surface area contributed by atoms with Crippen molar-refractivity contribution in [3.05, 3.63) is 73.3 Å². The fraction of sp³-hybridized carbons (Fsp3) is 0.261.